The highest BCUT2D eigenvalue weighted by Gasteiger charge is 2.24. The van der Waals surface area contributed by atoms with Crippen LogP contribution in [0.2, 0.25) is 0 Å². The molecule has 3 aromatic rings. The molecule has 138 valence electrons. The predicted molar refractivity (Wildman–Crippen MR) is 97.5 cm³/mol. The first-order chi connectivity index (χ1) is 12.8. The molecule has 0 aliphatic carbocycles. The monoisotopic (exact) mass is 371 g/mol. The summed E-state index contributed by atoms with van der Waals surface area (Å²) in [5.41, 5.74) is 1.96. The number of halogens is 2. The lowest BCUT2D eigenvalue weighted by Crippen LogP contribution is -2.06. The quantitative estimate of drug-likeness (QED) is 0.496. The van der Waals surface area contributed by atoms with Crippen LogP contribution in [0.15, 0.2) is 42.7 Å². The number of nitrogens with one attached hydrogen (secondary N) is 2. The Kier molecular flexibility index (Phi) is 4.93. The third-order valence-corrected chi connectivity index (χ3v) is 3.82. The van der Waals surface area contributed by atoms with Gasteiger partial charge in [0.05, 0.1) is 10.6 Å². The average molecular weight is 371 g/mol. The van der Waals surface area contributed by atoms with E-state index < -0.39 is 22.2 Å². The number of rotatable bonds is 5. The summed E-state index contributed by atoms with van der Waals surface area (Å²) in [6, 6.07) is 8.40. The topological polar surface area (TPSA) is 93.0 Å². The van der Waals surface area contributed by atoms with E-state index in [-0.39, 0.29) is 17.3 Å². The first-order valence-corrected chi connectivity index (χ1v) is 7.91. The van der Waals surface area contributed by atoms with Crippen LogP contribution < -0.4 is 10.6 Å². The molecule has 0 atom stereocenters. The summed E-state index contributed by atoms with van der Waals surface area (Å²) in [5.74, 6) is -1.92. The molecule has 0 saturated heterocycles. The van der Waals surface area contributed by atoms with E-state index in [1.807, 2.05) is 26.0 Å². The lowest BCUT2D eigenvalue weighted by molar-refractivity contribution is -0.383. The van der Waals surface area contributed by atoms with Crippen molar-refractivity contribution in [2.45, 2.75) is 13.8 Å². The normalized spacial score (nSPS) is 10.5. The zero-order valence-electron chi connectivity index (χ0n) is 14.5. The molecule has 27 heavy (non-hydrogen) atoms. The molecule has 2 N–H and O–H groups in total. The van der Waals surface area contributed by atoms with Crippen LogP contribution in [0.25, 0.3) is 0 Å². The molecule has 0 aliphatic heterocycles. The van der Waals surface area contributed by atoms with Crippen molar-refractivity contribution in [1.82, 2.24) is 9.97 Å². The highest BCUT2D eigenvalue weighted by atomic mass is 19.1. The highest BCUT2D eigenvalue weighted by Crippen LogP contribution is 2.34. The van der Waals surface area contributed by atoms with Crippen LogP contribution in [-0.4, -0.2) is 14.9 Å². The Labute approximate surface area is 153 Å². The molecule has 0 radical (unpaired) electrons. The van der Waals surface area contributed by atoms with E-state index in [0.29, 0.717) is 11.8 Å². The second-order valence-electron chi connectivity index (χ2n) is 5.87. The van der Waals surface area contributed by atoms with Gasteiger partial charge >= 0.3 is 5.69 Å². The van der Waals surface area contributed by atoms with Crippen LogP contribution in [0.1, 0.15) is 11.1 Å². The Hall–Kier alpha value is -3.62. The second kappa shape index (κ2) is 7.32. The lowest BCUT2D eigenvalue weighted by Gasteiger charge is -2.12. The van der Waals surface area contributed by atoms with E-state index in [0.717, 1.165) is 29.6 Å². The fourth-order valence-corrected chi connectivity index (χ4v) is 2.53. The fourth-order valence-electron chi connectivity index (χ4n) is 2.53. The first kappa shape index (κ1) is 18.2. The summed E-state index contributed by atoms with van der Waals surface area (Å²) >= 11 is 0. The molecule has 0 amide bonds. The molecule has 0 bridgehead atoms. The van der Waals surface area contributed by atoms with Gasteiger partial charge in [-0.05, 0) is 37.6 Å². The van der Waals surface area contributed by atoms with Crippen molar-refractivity contribution < 1.29 is 13.7 Å². The number of aromatic nitrogens is 2. The number of aryl methyl sites for hydroxylation is 2. The molecule has 7 nitrogen and oxygen atoms in total. The van der Waals surface area contributed by atoms with Gasteiger partial charge in [0.15, 0.2) is 0 Å². The number of nitro groups is 1. The highest BCUT2D eigenvalue weighted by molar-refractivity contribution is 5.77. The van der Waals surface area contributed by atoms with Crippen LogP contribution in [0, 0.1) is 35.6 Å². The molecule has 0 fully saturated rings. The summed E-state index contributed by atoms with van der Waals surface area (Å²) in [6.45, 7) is 3.79. The van der Waals surface area contributed by atoms with Crippen LogP contribution in [-0.2, 0) is 0 Å². The second-order valence-corrected chi connectivity index (χ2v) is 5.87. The Balaban J connectivity index is 2.01. The van der Waals surface area contributed by atoms with Crippen LogP contribution in [0.3, 0.4) is 0 Å². The number of benzene rings is 2. The van der Waals surface area contributed by atoms with Gasteiger partial charge in [-0.2, -0.15) is 0 Å². The molecule has 3 rings (SSSR count). The standard InChI is InChI=1S/C18H15F2N5O2/c1-10-3-5-14(11(2)7-10)23-17-16(25(26)27)18(22-9-21-17)24-15-6-4-12(19)8-13(15)20/h3-9H,1-2H3,(H2,21,22,23,24). The van der Waals surface area contributed by atoms with E-state index in [1.165, 1.54) is 0 Å². The van der Waals surface area contributed by atoms with Gasteiger partial charge in [-0.1, -0.05) is 17.7 Å². The average Bonchev–Trinajstić information content (AvgIpc) is 2.60. The van der Waals surface area contributed by atoms with E-state index in [9.17, 15) is 18.9 Å². The van der Waals surface area contributed by atoms with E-state index >= 15 is 0 Å². The van der Waals surface area contributed by atoms with Crippen molar-refractivity contribution in [3.05, 3.63) is 75.6 Å². The van der Waals surface area contributed by atoms with Crippen molar-refractivity contribution in [3.8, 4) is 0 Å². The van der Waals surface area contributed by atoms with Gasteiger partial charge in [0, 0.05) is 11.8 Å². The minimum absolute atomic E-state index is 0.0491. The third-order valence-electron chi connectivity index (χ3n) is 3.82. The Morgan fingerprint density at radius 2 is 1.59 bits per heavy atom. The van der Waals surface area contributed by atoms with Crippen molar-refractivity contribution in [3.63, 3.8) is 0 Å². The van der Waals surface area contributed by atoms with Crippen molar-refractivity contribution in [2.75, 3.05) is 10.6 Å². The van der Waals surface area contributed by atoms with E-state index in [1.54, 1.807) is 6.07 Å². The van der Waals surface area contributed by atoms with Crippen LogP contribution in [0.5, 0.6) is 0 Å². The molecule has 2 aromatic carbocycles. The Morgan fingerprint density at radius 1 is 0.963 bits per heavy atom. The number of anilines is 4. The van der Waals surface area contributed by atoms with Crippen molar-refractivity contribution in [2.24, 2.45) is 0 Å². The molecular weight excluding hydrogens is 356 g/mol. The maximum atomic E-state index is 13.9. The first-order valence-electron chi connectivity index (χ1n) is 7.91. The van der Waals surface area contributed by atoms with E-state index in [2.05, 4.69) is 20.6 Å². The smallest absolute Gasteiger partial charge is 0.334 e. The maximum Gasteiger partial charge on any atom is 0.353 e. The summed E-state index contributed by atoms with van der Waals surface area (Å²) < 4.78 is 26.9. The summed E-state index contributed by atoms with van der Waals surface area (Å²) in [4.78, 5) is 18.7. The summed E-state index contributed by atoms with van der Waals surface area (Å²) in [5, 5.41) is 17.0. The molecule has 1 aromatic heterocycles. The minimum atomic E-state index is -0.896. The largest absolute Gasteiger partial charge is 0.353 e. The van der Waals surface area contributed by atoms with Gasteiger partial charge < -0.3 is 10.6 Å². The summed E-state index contributed by atoms with van der Waals surface area (Å²) in [7, 11) is 0. The van der Waals surface area contributed by atoms with Gasteiger partial charge in [-0.3, -0.25) is 10.1 Å². The maximum absolute atomic E-state index is 13.9. The van der Waals surface area contributed by atoms with Crippen molar-refractivity contribution in [1.29, 1.82) is 0 Å². The Morgan fingerprint density at radius 3 is 2.19 bits per heavy atom. The number of hydrogen-bond donors (Lipinski definition) is 2. The number of nitrogens with zero attached hydrogens (tertiary/aromatic N) is 3. The molecule has 9 heteroatoms. The van der Waals surface area contributed by atoms with Crippen LogP contribution >= 0.6 is 0 Å². The molecule has 1 heterocycles. The predicted octanol–water partition coefficient (Wildman–Crippen LogP) is 4.77. The zero-order valence-corrected chi connectivity index (χ0v) is 14.5. The van der Waals surface area contributed by atoms with Gasteiger partial charge in [0.25, 0.3) is 0 Å². The van der Waals surface area contributed by atoms with Gasteiger partial charge in [-0.25, -0.2) is 18.7 Å². The van der Waals surface area contributed by atoms with E-state index in [4.69, 9.17) is 0 Å². The molecule has 0 saturated carbocycles. The SMILES string of the molecule is Cc1ccc(Nc2ncnc(Nc3ccc(F)cc3F)c2[N+](=O)[O-])c(C)c1. The van der Waals surface area contributed by atoms with Gasteiger partial charge in [-0.15, -0.1) is 0 Å². The molecular formula is C18H15F2N5O2. The zero-order chi connectivity index (χ0) is 19.6. The van der Waals surface area contributed by atoms with Gasteiger partial charge in [0.1, 0.15) is 18.0 Å². The van der Waals surface area contributed by atoms with Crippen molar-refractivity contribution >= 4 is 28.7 Å². The minimum Gasteiger partial charge on any atom is -0.334 e. The van der Waals surface area contributed by atoms with Gasteiger partial charge in [0.2, 0.25) is 11.6 Å². The number of hydrogen-bond acceptors (Lipinski definition) is 6. The fraction of sp³-hybridized carbons (Fsp3) is 0.111. The third kappa shape index (κ3) is 3.97. The lowest BCUT2D eigenvalue weighted by atomic mass is 10.1. The molecule has 0 unspecified atom stereocenters. The Bertz CT molecular complexity index is 955. The summed E-state index contributed by atoms with van der Waals surface area (Å²) in [6.07, 6.45) is 1.11. The molecule has 0 spiro atoms. The molecule has 0 aliphatic rings. The van der Waals surface area contributed by atoms with Crippen LogP contribution in [0.4, 0.5) is 37.5 Å².